The van der Waals surface area contributed by atoms with Crippen molar-refractivity contribution in [3.05, 3.63) is 101 Å². The van der Waals surface area contributed by atoms with Crippen molar-refractivity contribution in [3.63, 3.8) is 0 Å². The highest BCUT2D eigenvalue weighted by atomic mass is 32.2. The highest BCUT2D eigenvalue weighted by Crippen LogP contribution is 2.26. The largest absolute Gasteiger partial charge is 0.350 e. The van der Waals surface area contributed by atoms with Gasteiger partial charge in [0.25, 0.3) is 0 Å². The summed E-state index contributed by atoms with van der Waals surface area (Å²) in [5, 5.41) is 3.02. The summed E-state index contributed by atoms with van der Waals surface area (Å²) in [6.45, 7) is 9.64. The quantitative estimate of drug-likeness (QED) is 0.298. The van der Waals surface area contributed by atoms with Crippen LogP contribution in [0.3, 0.4) is 0 Å². The molecule has 3 aromatic rings. The van der Waals surface area contributed by atoms with Crippen LogP contribution >= 0.6 is 0 Å². The number of anilines is 1. The van der Waals surface area contributed by atoms with Crippen LogP contribution < -0.4 is 9.62 Å². The van der Waals surface area contributed by atoms with E-state index in [1.54, 1.807) is 18.2 Å². The number of nitrogens with one attached hydrogen (secondary N) is 1. The molecule has 0 heterocycles. The lowest BCUT2D eigenvalue weighted by molar-refractivity contribution is -0.142. The summed E-state index contributed by atoms with van der Waals surface area (Å²) in [6, 6.07) is 20.0. The summed E-state index contributed by atoms with van der Waals surface area (Å²) >= 11 is 0. The van der Waals surface area contributed by atoms with Gasteiger partial charge < -0.3 is 10.2 Å². The molecule has 2 amide bonds. The van der Waals surface area contributed by atoms with E-state index < -0.39 is 27.4 Å². The summed E-state index contributed by atoms with van der Waals surface area (Å²) in [5.41, 5.74) is 3.45. The van der Waals surface area contributed by atoms with Crippen molar-refractivity contribution < 1.29 is 22.4 Å². The van der Waals surface area contributed by atoms with Gasteiger partial charge in [-0.05, 0) is 81.5 Å². The van der Waals surface area contributed by atoms with E-state index in [2.05, 4.69) is 5.32 Å². The Morgan fingerprint density at radius 1 is 0.905 bits per heavy atom. The van der Waals surface area contributed by atoms with Gasteiger partial charge in [0.2, 0.25) is 21.8 Å². The summed E-state index contributed by atoms with van der Waals surface area (Å²) in [6.07, 6.45) is 1.71. The van der Waals surface area contributed by atoms with E-state index in [1.807, 2.05) is 77.1 Å². The van der Waals surface area contributed by atoms with Crippen molar-refractivity contribution in [1.82, 2.24) is 10.2 Å². The molecule has 0 aromatic heterocycles. The van der Waals surface area contributed by atoms with Crippen LogP contribution in [0.25, 0.3) is 0 Å². The van der Waals surface area contributed by atoms with Crippen LogP contribution in [-0.2, 0) is 32.6 Å². The minimum atomic E-state index is -3.61. The molecule has 3 rings (SSSR count). The summed E-state index contributed by atoms with van der Waals surface area (Å²) in [5.74, 6) is -0.982. The number of carbonyl (C=O) groups is 2. The second-order valence-corrected chi connectivity index (χ2v) is 13.7. The average molecular weight is 596 g/mol. The Kier molecular flexibility index (Phi) is 10.9. The molecule has 0 spiro atoms. The van der Waals surface area contributed by atoms with Crippen molar-refractivity contribution >= 4 is 27.5 Å². The van der Waals surface area contributed by atoms with Crippen LogP contribution in [0.5, 0.6) is 0 Å². The smallest absolute Gasteiger partial charge is 0.243 e. The molecule has 0 fully saturated rings. The van der Waals surface area contributed by atoms with E-state index in [4.69, 9.17) is 0 Å². The van der Waals surface area contributed by atoms with Gasteiger partial charge in [-0.15, -0.1) is 0 Å². The molecular formula is C33H42FN3O4S. The minimum Gasteiger partial charge on any atom is -0.350 e. The molecule has 7 nitrogen and oxygen atoms in total. The number of aryl methyl sites for hydroxylation is 1. The molecule has 1 atom stereocenters. The second-order valence-electron chi connectivity index (χ2n) is 11.8. The monoisotopic (exact) mass is 595 g/mol. The lowest BCUT2D eigenvalue weighted by Crippen LogP contribution is -2.54. The molecular weight excluding hydrogens is 553 g/mol. The fourth-order valence-corrected chi connectivity index (χ4v) is 5.80. The van der Waals surface area contributed by atoms with Gasteiger partial charge in [-0.3, -0.25) is 13.9 Å². The number of benzene rings is 3. The lowest BCUT2D eigenvalue weighted by atomic mass is 10.00. The standard InChI is InChI=1S/C33H42FN3O4S/c1-24-12-10-15-29(25(24)2)37(42(6,40)41)21-11-16-31(38)36(23-27-17-19-28(34)20-18-27)30(32(39)35-33(3,4)5)22-26-13-8-7-9-14-26/h7-10,12-15,17-20,30H,11,16,21-23H2,1-6H3,(H,35,39)/t30-/m1/s1. The Morgan fingerprint density at radius 2 is 1.55 bits per heavy atom. The highest BCUT2D eigenvalue weighted by Gasteiger charge is 2.32. The third kappa shape index (κ3) is 9.41. The zero-order chi connectivity index (χ0) is 31.1. The van der Waals surface area contributed by atoms with Crippen molar-refractivity contribution in [2.45, 2.75) is 72.0 Å². The second kappa shape index (κ2) is 14.0. The van der Waals surface area contributed by atoms with E-state index in [0.717, 1.165) is 22.9 Å². The Morgan fingerprint density at radius 3 is 2.14 bits per heavy atom. The first-order valence-corrected chi connectivity index (χ1v) is 15.9. The van der Waals surface area contributed by atoms with Crippen LogP contribution in [0.15, 0.2) is 72.8 Å². The fourth-order valence-electron chi connectivity index (χ4n) is 4.78. The first-order chi connectivity index (χ1) is 19.7. The van der Waals surface area contributed by atoms with Crippen molar-refractivity contribution in [1.29, 1.82) is 0 Å². The molecule has 3 aromatic carbocycles. The van der Waals surface area contributed by atoms with Gasteiger partial charge in [0.1, 0.15) is 11.9 Å². The van der Waals surface area contributed by atoms with Gasteiger partial charge in [0, 0.05) is 31.5 Å². The lowest BCUT2D eigenvalue weighted by Gasteiger charge is -2.34. The van der Waals surface area contributed by atoms with Crippen molar-refractivity contribution in [2.24, 2.45) is 0 Å². The van der Waals surface area contributed by atoms with Gasteiger partial charge >= 0.3 is 0 Å². The minimum absolute atomic E-state index is 0.0200. The summed E-state index contributed by atoms with van der Waals surface area (Å²) in [4.78, 5) is 29.1. The molecule has 0 saturated heterocycles. The van der Waals surface area contributed by atoms with Gasteiger partial charge in [0.15, 0.2) is 0 Å². The van der Waals surface area contributed by atoms with E-state index in [1.165, 1.54) is 21.3 Å². The fraction of sp³-hybridized carbons (Fsp3) is 0.394. The molecule has 0 saturated carbocycles. The molecule has 226 valence electrons. The number of amides is 2. The Labute approximate surface area is 249 Å². The molecule has 0 unspecified atom stereocenters. The van der Waals surface area contributed by atoms with Crippen molar-refractivity contribution in [2.75, 3.05) is 17.1 Å². The van der Waals surface area contributed by atoms with Gasteiger partial charge in [-0.2, -0.15) is 0 Å². The Bertz CT molecular complexity index is 1470. The van der Waals surface area contributed by atoms with Crippen LogP contribution in [0.2, 0.25) is 0 Å². The summed E-state index contributed by atoms with van der Waals surface area (Å²) in [7, 11) is -3.61. The molecule has 0 aliphatic heterocycles. The van der Waals surface area contributed by atoms with Gasteiger partial charge in [0.05, 0.1) is 11.9 Å². The van der Waals surface area contributed by atoms with Gasteiger partial charge in [-0.1, -0.05) is 54.6 Å². The molecule has 0 bridgehead atoms. The molecule has 0 radical (unpaired) electrons. The molecule has 42 heavy (non-hydrogen) atoms. The topological polar surface area (TPSA) is 86.8 Å². The highest BCUT2D eigenvalue weighted by molar-refractivity contribution is 7.92. The maximum absolute atomic E-state index is 13.9. The van der Waals surface area contributed by atoms with E-state index in [9.17, 15) is 22.4 Å². The van der Waals surface area contributed by atoms with Crippen LogP contribution in [0.1, 0.15) is 55.9 Å². The zero-order valence-corrected chi connectivity index (χ0v) is 26.2. The van der Waals surface area contributed by atoms with Crippen LogP contribution in [-0.4, -0.2) is 49.5 Å². The van der Waals surface area contributed by atoms with E-state index in [-0.39, 0.29) is 44.2 Å². The average Bonchev–Trinajstić information content (AvgIpc) is 2.90. The third-order valence-corrected chi connectivity index (χ3v) is 8.21. The maximum atomic E-state index is 13.9. The van der Waals surface area contributed by atoms with Crippen LogP contribution in [0, 0.1) is 19.7 Å². The maximum Gasteiger partial charge on any atom is 0.243 e. The van der Waals surface area contributed by atoms with E-state index >= 15 is 0 Å². The number of carbonyl (C=O) groups excluding carboxylic acids is 2. The predicted octanol–water partition coefficient (Wildman–Crippen LogP) is 5.54. The Balaban J connectivity index is 1.92. The number of rotatable bonds is 12. The SMILES string of the molecule is Cc1cccc(N(CCCC(=O)N(Cc2ccc(F)cc2)[C@H](Cc2ccccc2)C(=O)NC(C)(C)C)S(C)(=O)=O)c1C. The predicted molar refractivity (Wildman–Crippen MR) is 166 cm³/mol. The first kappa shape index (κ1) is 32.8. The molecule has 0 aliphatic carbocycles. The number of halogens is 1. The zero-order valence-electron chi connectivity index (χ0n) is 25.4. The van der Waals surface area contributed by atoms with Crippen molar-refractivity contribution in [3.8, 4) is 0 Å². The normalized spacial score (nSPS) is 12.5. The Hall–Kier alpha value is -3.72. The van der Waals surface area contributed by atoms with Gasteiger partial charge in [-0.25, -0.2) is 12.8 Å². The molecule has 9 heteroatoms. The van der Waals surface area contributed by atoms with E-state index in [0.29, 0.717) is 11.3 Å². The number of hydrogen-bond acceptors (Lipinski definition) is 4. The number of sulfonamides is 1. The first-order valence-electron chi connectivity index (χ1n) is 14.1. The molecule has 0 aliphatic rings. The number of nitrogens with zero attached hydrogens (tertiary/aromatic N) is 2. The number of hydrogen-bond donors (Lipinski definition) is 1. The summed E-state index contributed by atoms with van der Waals surface area (Å²) < 4.78 is 40.5. The third-order valence-electron chi connectivity index (χ3n) is 7.03. The van der Waals surface area contributed by atoms with Crippen LogP contribution in [0.4, 0.5) is 10.1 Å². The molecule has 1 N–H and O–H groups in total.